The molecule has 17 heteroatoms. The van der Waals surface area contributed by atoms with Crippen LogP contribution in [0.1, 0.15) is 6.42 Å². The van der Waals surface area contributed by atoms with Crippen molar-refractivity contribution in [2.45, 2.75) is 36.9 Å². The number of nitrogens with zero attached hydrogens (tertiary/aromatic N) is 2. The number of alkyl halides is 12. The van der Waals surface area contributed by atoms with Gasteiger partial charge in [0, 0.05) is 13.0 Å². The summed E-state index contributed by atoms with van der Waals surface area (Å²) in [5.41, 5.74) is -6.85. The van der Waals surface area contributed by atoms with Crippen LogP contribution in [0.15, 0.2) is 0 Å². The molecule has 0 aliphatic heterocycles. The molecule has 1 amide bonds. The van der Waals surface area contributed by atoms with Crippen molar-refractivity contribution in [1.29, 1.82) is 0 Å². The van der Waals surface area contributed by atoms with Crippen molar-refractivity contribution in [3.63, 3.8) is 0 Å². The largest absolute Gasteiger partial charge is 1.00 e. The number of hydrogen-bond acceptors (Lipinski definition) is 2. The van der Waals surface area contributed by atoms with Gasteiger partial charge in [-0.15, -0.1) is 0 Å². The monoisotopic (exact) mass is 573 g/mol. The second-order valence-corrected chi connectivity index (χ2v) is 6.59. The quantitative estimate of drug-likeness (QED) is 0.158. The molecule has 176 valence electrons. The molecule has 0 aliphatic carbocycles. The molecule has 0 aliphatic rings. The highest BCUT2D eigenvalue weighted by Crippen LogP contribution is 2.53. The average Bonchev–Trinajstić information content (AvgIpc) is 2.35. The maximum atomic E-state index is 14.1. The Morgan fingerprint density at radius 3 is 1.48 bits per heavy atom. The molecule has 0 heterocycles. The number of quaternary nitrogens is 1. The Morgan fingerprint density at radius 2 is 1.21 bits per heavy atom. The lowest BCUT2D eigenvalue weighted by molar-refractivity contribution is -0.870. The van der Waals surface area contributed by atoms with Gasteiger partial charge in [-0.2, -0.15) is 48.3 Å². The smallest absolute Gasteiger partial charge is 0.472 e. The summed E-state index contributed by atoms with van der Waals surface area (Å²) in [5.74, 6) is -3.38. The molecule has 29 heavy (non-hydrogen) atoms. The third-order valence-electron chi connectivity index (χ3n) is 3.20. The fourth-order valence-electron chi connectivity index (χ4n) is 1.93. The molecule has 0 aromatic heterocycles. The van der Waals surface area contributed by atoms with Crippen LogP contribution in [0.2, 0.25) is 0 Å². The van der Waals surface area contributed by atoms with Gasteiger partial charge in [-0.25, -0.2) is 4.39 Å². The van der Waals surface area contributed by atoms with Gasteiger partial charge in [0.1, 0.15) is 0 Å². The van der Waals surface area contributed by atoms with Crippen molar-refractivity contribution in [2.24, 2.45) is 0 Å². The lowest BCUT2D eigenvalue weighted by Gasteiger charge is -2.40. The van der Waals surface area contributed by atoms with Crippen molar-refractivity contribution in [3.05, 3.63) is 0 Å². The molecule has 0 rings (SSSR count). The second kappa shape index (κ2) is 9.19. The summed E-state index contributed by atoms with van der Waals surface area (Å²) in [4.78, 5) is 7.49. The van der Waals surface area contributed by atoms with Crippen molar-refractivity contribution >= 4 is 5.91 Å². The molecular weight excluding hydrogens is 557 g/mol. The number of carbonyl (C=O) groups is 1. The van der Waals surface area contributed by atoms with Crippen molar-refractivity contribution in [2.75, 3.05) is 34.2 Å². The van der Waals surface area contributed by atoms with Crippen LogP contribution in [0.4, 0.5) is 52.7 Å². The van der Waals surface area contributed by atoms with E-state index in [9.17, 15) is 57.5 Å². The number of carbonyl (C=O) groups excluding carboxylic acids is 1. The first-order valence-electron chi connectivity index (χ1n) is 7.15. The molecule has 1 atom stereocenters. The molecule has 0 radical (unpaired) electrons. The Hall–Kier alpha value is -0.720. The van der Waals surface area contributed by atoms with Crippen LogP contribution < -0.4 is 29.3 Å². The predicted molar refractivity (Wildman–Crippen MR) is 69.3 cm³/mol. The fraction of sp³-hybridized carbons (Fsp3) is 0.917. The van der Waals surface area contributed by atoms with E-state index >= 15 is 0 Å². The van der Waals surface area contributed by atoms with Crippen LogP contribution in [0.5, 0.6) is 0 Å². The molecular formula is C12H16F12IN3O. The average molecular weight is 573 g/mol. The van der Waals surface area contributed by atoms with Gasteiger partial charge in [0.15, 0.2) is 0 Å². The van der Waals surface area contributed by atoms with Gasteiger partial charge in [0.05, 0.1) is 27.7 Å². The third-order valence-corrected chi connectivity index (χ3v) is 3.20. The summed E-state index contributed by atoms with van der Waals surface area (Å²) in [6, 6.07) is -7.40. The first-order chi connectivity index (χ1) is 12.0. The predicted octanol–water partition coefficient (Wildman–Crippen LogP) is 0.408. The highest BCUT2D eigenvalue weighted by Gasteiger charge is 2.84. The van der Waals surface area contributed by atoms with Gasteiger partial charge in [-0.1, -0.05) is 4.90 Å². The molecule has 0 saturated heterocycles. The lowest BCUT2D eigenvalue weighted by Crippen LogP contribution is -3.00. The molecule has 0 saturated carbocycles. The number of nitrogens with one attached hydrogen (secondary N) is 1. The maximum Gasteiger partial charge on any atom is 0.472 e. The lowest BCUT2D eigenvalue weighted by atomic mass is 10.00. The SMILES string of the molecule is C[N+](C)(C)CCCNC(=O)C(F)(C(F)(F)F)C(F)(F)N(C(F)(F)F)C(F)(F)F.[I-]. The van der Waals surface area contributed by atoms with Crippen LogP contribution in [-0.4, -0.2) is 80.0 Å². The van der Waals surface area contributed by atoms with E-state index in [1.807, 2.05) is 0 Å². The van der Waals surface area contributed by atoms with E-state index in [0.29, 0.717) is 0 Å². The van der Waals surface area contributed by atoms with Gasteiger partial charge in [0.25, 0.3) is 5.91 Å². The summed E-state index contributed by atoms with van der Waals surface area (Å²) in [5, 5.41) is 0.981. The van der Waals surface area contributed by atoms with E-state index < -0.39 is 47.8 Å². The van der Waals surface area contributed by atoms with Crippen LogP contribution in [0, 0.1) is 0 Å². The van der Waals surface area contributed by atoms with Gasteiger partial charge in [0.2, 0.25) is 0 Å². The van der Waals surface area contributed by atoms with E-state index in [4.69, 9.17) is 0 Å². The van der Waals surface area contributed by atoms with Crippen LogP contribution in [-0.2, 0) is 4.79 Å². The highest BCUT2D eigenvalue weighted by molar-refractivity contribution is 5.87. The number of amides is 1. The Bertz CT molecular complexity index is 540. The number of rotatable bonds is 7. The summed E-state index contributed by atoms with van der Waals surface area (Å²) < 4.78 is 154. The Morgan fingerprint density at radius 1 is 0.828 bits per heavy atom. The standard InChI is InChI=1S/C12H15F12N3O.HI/c1-27(2,3)6-4-5-25-7(28)8(13,9(14,15)16)10(17,18)26(11(19,20)21)12(22,23)24;/h4-6H2,1-3H3;1H. The number of halogens is 13. The van der Waals surface area contributed by atoms with E-state index in [-0.39, 0.29) is 41.4 Å². The van der Waals surface area contributed by atoms with E-state index in [2.05, 4.69) is 0 Å². The highest BCUT2D eigenvalue weighted by atomic mass is 127. The zero-order chi connectivity index (χ0) is 23.0. The zero-order valence-electron chi connectivity index (χ0n) is 14.8. The van der Waals surface area contributed by atoms with Crippen molar-refractivity contribution < 1.29 is 85.9 Å². The minimum Gasteiger partial charge on any atom is -1.00 e. The second-order valence-electron chi connectivity index (χ2n) is 6.59. The first-order valence-corrected chi connectivity index (χ1v) is 7.15. The molecule has 1 N–H and O–H groups in total. The van der Waals surface area contributed by atoms with Crippen molar-refractivity contribution in [1.82, 2.24) is 10.2 Å². The van der Waals surface area contributed by atoms with E-state index in [1.165, 1.54) is 0 Å². The van der Waals surface area contributed by atoms with E-state index in [0.717, 1.165) is 5.32 Å². The van der Waals surface area contributed by atoms with Crippen LogP contribution in [0.3, 0.4) is 0 Å². The molecule has 0 bridgehead atoms. The molecule has 0 aromatic carbocycles. The molecule has 4 nitrogen and oxygen atoms in total. The van der Waals surface area contributed by atoms with Gasteiger partial charge in [-0.05, 0) is 0 Å². The van der Waals surface area contributed by atoms with Gasteiger partial charge < -0.3 is 33.8 Å². The Labute approximate surface area is 173 Å². The summed E-state index contributed by atoms with van der Waals surface area (Å²) in [6.45, 7) is -0.816. The van der Waals surface area contributed by atoms with E-state index in [1.54, 1.807) is 21.1 Å². The zero-order valence-corrected chi connectivity index (χ0v) is 17.0. The number of hydrogen-bond donors (Lipinski definition) is 1. The summed E-state index contributed by atoms with van der Waals surface area (Å²) in [7, 11) is 4.70. The molecule has 0 aromatic rings. The van der Waals surface area contributed by atoms with Gasteiger partial charge in [-0.3, -0.25) is 4.79 Å². The first kappa shape index (κ1) is 30.5. The summed E-state index contributed by atoms with van der Waals surface area (Å²) in [6.07, 6.45) is -21.7. The van der Waals surface area contributed by atoms with Gasteiger partial charge >= 0.3 is 30.5 Å². The minimum atomic E-state index is -7.40. The Kier molecular flexibility index (Phi) is 9.66. The maximum absolute atomic E-state index is 14.1. The summed E-state index contributed by atoms with van der Waals surface area (Å²) >= 11 is 0. The molecule has 0 spiro atoms. The topological polar surface area (TPSA) is 32.3 Å². The van der Waals surface area contributed by atoms with Crippen LogP contribution >= 0.6 is 0 Å². The fourth-order valence-corrected chi connectivity index (χ4v) is 1.93. The molecule has 1 unspecified atom stereocenters. The van der Waals surface area contributed by atoms with Crippen LogP contribution in [0.25, 0.3) is 0 Å². The normalized spacial score (nSPS) is 16.3. The Balaban J connectivity index is 0. The minimum absolute atomic E-state index is 0. The van der Waals surface area contributed by atoms with Crippen molar-refractivity contribution in [3.8, 4) is 0 Å². The molecule has 0 fully saturated rings. The third kappa shape index (κ3) is 7.18.